The highest BCUT2D eigenvalue weighted by atomic mass is 19.1. The molecule has 1 saturated carbocycles. The minimum absolute atomic E-state index is 0.0163. The van der Waals surface area contributed by atoms with Crippen molar-refractivity contribution in [2.45, 2.75) is 57.3 Å². The highest BCUT2D eigenvalue weighted by molar-refractivity contribution is 5.91. The van der Waals surface area contributed by atoms with Crippen molar-refractivity contribution >= 4 is 22.5 Å². The molecule has 5 heterocycles. The molecule has 3 atom stereocenters. The van der Waals surface area contributed by atoms with E-state index >= 15 is 8.78 Å². The molecule has 1 saturated heterocycles. The van der Waals surface area contributed by atoms with Gasteiger partial charge in [0.1, 0.15) is 35.1 Å². The van der Waals surface area contributed by atoms with Crippen LogP contribution >= 0.6 is 0 Å². The summed E-state index contributed by atoms with van der Waals surface area (Å²) in [6.07, 6.45) is 4.63. The number of piperazine rings is 1. The second-order valence-electron chi connectivity index (χ2n) is 12.1. The molecule has 1 aromatic carbocycles. The third-order valence-corrected chi connectivity index (χ3v) is 8.82. The van der Waals surface area contributed by atoms with Crippen molar-refractivity contribution in [1.29, 1.82) is 0 Å². The Morgan fingerprint density at radius 2 is 1.96 bits per heavy atom. The van der Waals surface area contributed by atoms with E-state index in [-0.39, 0.29) is 34.9 Å². The zero-order valence-corrected chi connectivity index (χ0v) is 25.2. The Balaban J connectivity index is 1.49. The summed E-state index contributed by atoms with van der Waals surface area (Å²) in [5.41, 5.74) is 0.954. The number of aromatic nitrogens is 4. The van der Waals surface area contributed by atoms with Crippen LogP contribution in [0.4, 0.5) is 20.3 Å². The van der Waals surface area contributed by atoms with Crippen LogP contribution in [0.1, 0.15) is 44.7 Å². The molecule has 1 aliphatic carbocycles. The predicted octanol–water partition coefficient (Wildman–Crippen LogP) is 4.60. The number of halogens is 2. The molecule has 0 spiro atoms. The Morgan fingerprint density at radius 3 is 2.76 bits per heavy atom. The summed E-state index contributed by atoms with van der Waals surface area (Å²) >= 11 is 0. The normalized spacial score (nSPS) is 20.4. The summed E-state index contributed by atoms with van der Waals surface area (Å²) in [5, 5.41) is 14.0. The average Bonchev–Trinajstić information content (AvgIpc) is 3.83. The first-order chi connectivity index (χ1) is 21.7. The standard InChI is InChI=1S/C33H35F2N7O3/c1-4-28(43)40-10-11-41(26-16-25(26)40)31-22-15-24(35)30-21-13-19(7-8-23(21)34)36-9-5-6-12-45-20-14-27(29(18(2)3)37-17-20)42(32(22)38-30)33(44)39-31/h4,7-8,13-15,17-18,25-26,28,36,43H,1,5-6,9-12,16H2,2-3H3. The third-order valence-electron chi connectivity index (χ3n) is 8.82. The molecule has 12 heteroatoms. The van der Waals surface area contributed by atoms with Crippen molar-refractivity contribution in [3.63, 3.8) is 0 Å². The van der Waals surface area contributed by atoms with Crippen LogP contribution in [0.5, 0.6) is 5.75 Å². The molecule has 0 radical (unpaired) electrons. The minimum atomic E-state index is -0.779. The van der Waals surface area contributed by atoms with Gasteiger partial charge in [-0.25, -0.2) is 23.1 Å². The predicted molar refractivity (Wildman–Crippen MR) is 168 cm³/mol. The molecule has 45 heavy (non-hydrogen) atoms. The van der Waals surface area contributed by atoms with Gasteiger partial charge in [-0.15, -0.1) is 0 Å². The van der Waals surface area contributed by atoms with Gasteiger partial charge in [0.2, 0.25) is 0 Å². The maximum absolute atomic E-state index is 16.1. The van der Waals surface area contributed by atoms with Gasteiger partial charge in [0, 0.05) is 49.0 Å². The Hall–Kier alpha value is -4.42. The topological polar surface area (TPSA) is 109 Å². The highest BCUT2D eigenvalue weighted by Gasteiger charge is 2.51. The Morgan fingerprint density at radius 1 is 1.11 bits per heavy atom. The number of nitrogens with one attached hydrogen (secondary N) is 1. The number of aliphatic hydroxyl groups excluding tert-OH is 1. The van der Waals surface area contributed by atoms with E-state index in [4.69, 9.17) is 9.72 Å². The lowest BCUT2D eigenvalue weighted by atomic mass is 10.1. The zero-order chi connectivity index (χ0) is 31.4. The number of benzene rings is 1. The molecule has 10 nitrogen and oxygen atoms in total. The number of nitrogens with zero attached hydrogens (tertiary/aromatic N) is 6. The van der Waals surface area contributed by atoms with Gasteiger partial charge in [-0.1, -0.05) is 20.4 Å². The number of fused-ring (bicyclic) bond motifs is 8. The molecule has 4 aromatic rings. The number of aliphatic hydroxyl groups is 1. The molecule has 2 N–H and O–H groups in total. The second-order valence-corrected chi connectivity index (χ2v) is 12.1. The molecule has 7 rings (SSSR count). The van der Waals surface area contributed by atoms with Gasteiger partial charge in [-0.2, -0.15) is 4.98 Å². The van der Waals surface area contributed by atoms with Gasteiger partial charge >= 0.3 is 5.69 Å². The van der Waals surface area contributed by atoms with Gasteiger partial charge in [-0.05, 0) is 55.5 Å². The van der Waals surface area contributed by atoms with E-state index in [1.54, 1.807) is 24.4 Å². The molecule has 0 amide bonds. The largest absolute Gasteiger partial charge is 0.492 e. The van der Waals surface area contributed by atoms with Crippen LogP contribution in [0.15, 0.2) is 54.0 Å². The summed E-state index contributed by atoms with van der Waals surface area (Å²) in [7, 11) is 0. The molecule has 6 bridgehead atoms. The van der Waals surface area contributed by atoms with Crippen LogP contribution < -0.4 is 20.6 Å². The number of hydrogen-bond acceptors (Lipinski definition) is 9. The van der Waals surface area contributed by atoms with Crippen LogP contribution in [0.25, 0.3) is 28.0 Å². The molecule has 3 aromatic heterocycles. The van der Waals surface area contributed by atoms with Crippen LogP contribution in [0, 0.1) is 11.6 Å². The van der Waals surface area contributed by atoms with E-state index in [1.165, 1.54) is 22.8 Å². The zero-order valence-electron chi connectivity index (χ0n) is 25.2. The number of anilines is 2. The molecule has 2 aliphatic heterocycles. The van der Waals surface area contributed by atoms with E-state index in [0.29, 0.717) is 60.3 Å². The Bertz CT molecular complexity index is 1860. The quantitative estimate of drug-likeness (QED) is 0.319. The van der Waals surface area contributed by atoms with Gasteiger partial charge in [0.15, 0.2) is 5.65 Å². The lowest BCUT2D eigenvalue weighted by Gasteiger charge is -2.36. The van der Waals surface area contributed by atoms with E-state index in [2.05, 4.69) is 21.9 Å². The van der Waals surface area contributed by atoms with E-state index < -0.39 is 23.6 Å². The first-order valence-corrected chi connectivity index (χ1v) is 15.4. The minimum Gasteiger partial charge on any atom is -0.492 e. The van der Waals surface area contributed by atoms with Crippen LogP contribution in [-0.4, -0.2) is 74.1 Å². The lowest BCUT2D eigenvalue weighted by Crippen LogP contribution is -2.50. The van der Waals surface area contributed by atoms with Crippen molar-refractivity contribution in [3.05, 3.63) is 77.0 Å². The average molecular weight is 616 g/mol. The fraction of sp³-hybridized carbons (Fsp3) is 0.394. The summed E-state index contributed by atoms with van der Waals surface area (Å²) in [4.78, 5) is 32.0. The van der Waals surface area contributed by atoms with E-state index in [0.717, 1.165) is 19.3 Å². The maximum Gasteiger partial charge on any atom is 0.355 e. The molecule has 3 aliphatic rings. The first kappa shape index (κ1) is 29.3. The van der Waals surface area contributed by atoms with Crippen molar-refractivity contribution in [2.75, 3.05) is 36.5 Å². The SMILES string of the molecule is C=CC(O)N1CCN(c2nc(=O)n3c4nc(c(F)cc24)-c2cc(ccc2F)NCCCCOc2cnc(C(C)C)c-3c2)C2CC21. The Labute approximate surface area is 259 Å². The van der Waals surface area contributed by atoms with Crippen molar-refractivity contribution in [1.82, 2.24) is 24.4 Å². The second kappa shape index (κ2) is 11.5. The van der Waals surface area contributed by atoms with Crippen molar-refractivity contribution < 1.29 is 18.6 Å². The van der Waals surface area contributed by atoms with E-state index in [1.807, 2.05) is 23.6 Å². The fourth-order valence-electron chi connectivity index (χ4n) is 6.49. The van der Waals surface area contributed by atoms with Gasteiger partial charge < -0.3 is 20.1 Å². The van der Waals surface area contributed by atoms with Crippen LogP contribution in [0.3, 0.4) is 0 Å². The lowest BCUT2D eigenvalue weighted by molar-refractivity contribution is 0.0295. The first-order valence-electron chi connectivity index (χ1n) is 15.4. The summed E-state index contributed by atoms with van der Waals surface area (Å²) in [6, 6.07) is 7.48. The highest BCUT2D eigenvalue weighted by Crippen LogP contribution is 2.42. The fourth-order valence-corrected chi connectivity index (χ4v) is 6.49. The smallest absolute Gasteiger partial charge is 0.355 e. The number of pyridine rings is 2. The molecule has 3 unspecified atom stereocenters. The molecular formula is C33H35F2N7O3. The summed E-state index contributed by atoms with van der Waals surface area (Å²) < 4.78 is 38.8. The summed E-state index contributed by atoms with van der Waals surface area (Å²) in [6.45, 7) is 9.64. The summed E-state index contributed by atoms with van der Waals surface area (Å²) in [5.74, 6) is -0.664. The number of ether oxygens (including phenoxy) is 1. The van der Waals surface area contributed by atoms with E-state index in [9.17, 15) is 9.90 Å². The molecule has 234 valence electrons. The van der Waals surface area contributed by atoms with Crippen molar-refractivity contribution in [3.8, 4) is 22.7 Å². The van der Waals surface area contributed by atoms with Gasteiger partial charge in [0.25, 0.3) is 0 Å². The van der Waals surface area contributed by atoms with Crippen molar-refractivity contribution in [2.24, 2.45) is 0 Å². The third kappa shape index (κ3) is 5.21. The van der Waals surface area contributed by atoms with Gasteiger partial charge in [-0.3, -0.25) is 9.88 Å². The van der Waals surface area contributed by atoms with Gasteiger partial charge in [0.05, 0.1) is 29.6 Å². The molecule has 2 fully saturated rings. The monoisotopic (exact) mass is 615 g/mol. The number of hydrogen-bond donors (Lipinski definition) is 2. The van der Waals surface area contributed by atoms with Crippen LogP contribution in [-0.2, 0) is 0 Å². The maximum atomic E-state index is 16.1. The molecular weight excluding hydrogens is 580 g/mol. The van der Waals surface area contributed by atoms with Crippen LogP contribution in [0.2, 0.25) is 0 Å². The number of rotatable bonds is 4. The Kier molecular flexibility index (Phi) is 7.49.